The molecule has 0 heterocycles. The molecule has 0 fully saturated rings. The SMILES string of the molecule is Cc1cc(F)c(F)c(C(C)C(=O)O)c1. The Morgan fingerprint density at radius 1 is 1.43 bits per heavy atom. The van der Waals surface area contributed by atoms with Crippen molar-refractivity contribution in [3.63, 3.8) is 0 Å². The highest BCUT2D eigenvalue weighted by Gasteiger charge is 2.20. The molecule has 0 aliphatic carbocycles. The molecule has 1 unspecified atom stereocenters. The van der Waals surface area contributed by atoms with E-state index in [4.69, 9.17) is 5.11 Å². The highest BCUT2D eigenvalue weighted by Crippen LogP contribution is 2.22. The number of carbonyl (C=O) groups is 1. The van der Waals surface area contributed by atoms with Crippen molar-refractivity contribution in [3.8, 4) is 0 Å². The second-order valence-electron chi connectivity index (χ2n) is 3.21. The first-order chi connectivity index (χ1) is 6.43. The van der Waals surface area contributed by atoms with Gasteiger partial charge in [-0.25, -0.2) is 8.78 Å². The van der Waals surface area contributed by atoms with Crippen molar-refractivity contribution in [1.29, 1.82) is 0 Å². The molecular formula is C10H10F2O2. The van der Waals surface area contributed by atoms with Crippen LogP contribution >= 0.6 is 0 Å². The Balaban J connectivity index is 3.26. The number of benzene rings is 1. The predicted molar refractivity (Wildman–Crippen MR) is 47.1 cm³/mol. The third-order valence-electron chi connectivity index (χ3n) is 2.04. The first-order valence-electron chi connectivity index (χ1n) is 4.12. The molecule has 1 aromatic carbocycles. The number of halogens is 2. The number of hydrogen-bond donors (Lipinski definition) is 1. The molecule has 0 aliphatic heterocycles. The van der Waals surface area contributed by atoms with Gasteiger partial charge >= 0.3 is 5.97 Å². The lowest BCUT2D eigenvalue weighted by Crippen LogP contribution is -2.10. The van der Waals surface area contributed by atoms with Gasteiger partial charge in [0, 0.05) is 5.56 Å². The summed E-state index contributed by atoms with van der Waals surface area (Å²) in [5.74, 6) is -4.29. The number of hydrogen-bond acceptors (Lipinski definition) is 1. The normalized spacial score (nSPS) is 12.6. The van der Waals surface area contributed by atoms with E-state index in [0.717, 1.165) is 6.07 Å². The molecule has 0 spiro atoms. The fraction of sp³-hybridized carbons (Fsp3) is 0.300. The largest absolute Gasteiger partial charge is 0.481 e. The Hall–Kier alpha value is -1.45. The minimum absolute atomic E-state index is 0.116. The quantitative estimate of drug-likeness (QED) is 0.796. The van der Waals surface area contributed by atoms with Gasteiger partial charge in [0.25, 0.3) is 0 Å². The van der Waals surface area contributed by atoms with Crippen LogP contribution in [0.25, 0.3) is 0 Å². The van der Waals surface area contributed by atoms with Crippen molar-refractivity contribution >= 4 is 5.97 Å². The predicted octanol–water partition coefficient (Wildman–Crippen LogP) is 2.46. The van der Waals surface area contributed by atoms with E-state index in [1.54, 1.807) is 6.92 Å². The standard InChI is InChI=1S/C10H10F2O2/c1-5-3-7(6(2)10(13)14)9(12)8(11)4-5/h3-4,6H,1-2H3,(H,13,14). The van der Waals surface area contributed by atoms with Gasteiger partial charge in [-0.15, -0.1) is 0 Å². The van der Waals surface area contributed by atoms with E-state index in [0.29, 0.717) is 5.56 Å². The van der Waals surface area contributed by atoms with Crippen molar-refractivity contribution < 1.29 is 18.7 Å². The second-order valence-corrected chi connectivity index (χ2v) is 3.21. The Morgan fingerprint density at radius 2 is 2.00 bits per heavy atom. The van der Waals surface area contributed by atoms with Gasteiger partial charge in [-0.2, -0.15) is 0 Å². The zero-order valence-corrected chi connectivity index (χ0v) is 7.84. The number of aliphatic carboxylic acids is 1. The molecule has 1 N–H and O–H groups in total. The number of aryl methyl sites for hydroxylation is 1. The van der Waals surface area contributed by atoms with Crippen LogP contribution in [0.1, 0.15) is 24.0 Å². The van der Waals surface area contributed by atoms with E-state index < -0.39 is 23.5 Å². The summed E-state index contributed by atoms with van der Waals surface area (Å²) in [6.45, 7) is 2.90. The van der Waals surface area contributed by atoms with Crippen LogP contribution in [-0.2, 0) is 4.79 Å². The van der Waals surface area contributed by atoms with E-state index >= 15 is 0 Å². The average Bonchev–Trinajstić information content (AvgIpc) is 2.09. The molecule has 1 atom stereocenters. The molecule has 2 nitrogen and oxygen atoms in total. The number of carboxylic acid groups (broad SMARTS) is 1. The van der Waals surface area contributed by atoms with Crippen LogP contribution in [0.3, 0.4) is 0 Å². The molecule has 4 heteroatoms. The topological polar surface area (TPSA) is 37.3 Å². The number of rotatable bonds is 2. The van der Waals surface area contributed by atoms with Crippen molar-refractivity contribution in [3.05, 3.63) is 34.9 Å². The number of carboxylic acids is 1. The fourth-order valence-corrected chi connectivity index (χ4v) is 1.20. The van der Waals surface area contributed by atoms with E-state index in [-0.39, 0.29) is 5.56 Å². The van der Waals surface area contributed by atoms with E-state index in [9.17, 15) is 13.6 Å². The van der Waals surface area contributed by atoms with Gasteiger partial charge in [0.2, 0.25) is 0 Å². The molecule has 1 aromatic rings. The summed E-state index contributed by atoms with van der Waals surface area (Å²) in [4.78, 5) is 10.6. The lowest BCUT2D eigenvalue weighted by Gasteiger charge is -2.09. The molecule has 0 amide bonds. The van der Waals surface area contributed by atoms with E-state index in [2.05, 4.69) is 0 Å². The monoisotopic (exact) mass is 200 g/mol. The maximum absolute atomic E-state index is 13.2. The Morgan fingerprint density at radius 3 is 2.50 bits per heavy atom. The summed E-state index contributed by atoms with van der Waals surface area (Å²) in [6.07, 6.45) is 0. The molecule has 0 saturated heterocycles. The molecule has 0 saturated carbocycles. The highest BCUT2D eigenvalue weighted by atomic mass is 19.2. The third-order valence-corrected chi connectivity index (χ3v) is 2.04. The van der Waals surface area contributed by atoms with E-state index in [1.807, 2.05) is 0 Å². The summed E-state index contributed by atoms with van der Waals surface area (Å²) < 4.78 is 26.0. The van der Waals surface area contributed by atoms with Crippen LogP contribution in [-0.4, -0.2) is 11.1 Å². The van der Waals surface area contributed by atoms with Crippen molar-refractivity contribution in [2.75, 3.05) is 0 Å². The summed E-state index contributed by atoms with van der Waals surface area (Å²) in [5, 5.41) is 8.65. The maximum atomic E-state index is 13.2. The van der Waals surface area contributed by atoms with Crippen molar-refractivity contribution in [1.82, 2.24) is 0 Å². The van der Waals surface area contributed by atoms with Crippen LogP contribution in [0, 0.1) is 18.6 Å². The Bertz CT molecular complexity index is 375. The Kier molecular flexibility index (Phi) is 2.84. The third kappa shape index (κ3) is 1.89. The summed E-state index contributed by atoms with van der Waals surface area (Å²) in [5.41, 5.74) is 0.391. The summed E-state index contributed by atoms with van der Waals surface area (Å²) >= 11 is 0. The highest BCUT2D eigenvalue weighted by molar-refractivity contribution is 5.75. The lowest BCUT2D eigenvalue weighted by molar-refractivity contribution is -0.138. The zero-order valence-electron chi connectivity index (χ0n) is 7.84. The Labute approximate surface area is 80.2 Å². The lowest BCUT2D eigenvalue weighted by atomic mass is 9.98. The van der Waals surface area contributed by atoms with Gasteiger partial charge in [-0.05, 0) is 25.5 Å². The van der Waals surface area contributed by atoms with E-state index in [1.165, 1.54) is 13.0 Å². The van der Waals surface area contributed by atoms with Gasteiger partial charge in [0.05, 0.1) is 5.92 Å². The molecule has 0 aliphatic rings. The van der Waals surface area contributed by atoms with Gasteiger partial charge in [-0.1, -0.05) is 6.07 Å². The second kappa shape index (κ2) is 3.74. The zero-order chi connectivity index (χ0) is 10.9. The first kappa shape index (κ1) is 10.6. The van der Waals surface area contributed by atoms with Crippen molar-refractivity contribution in [2.24, 2.45) is 0 Å². The van der Waals surface area contributed by atoms with Gasteiger partial charge in [-0.3, -0.25) is 4.79 Å². The minimum Gasteiger partial charge on any atom is -0.481 e. The molecule has 0 radical (unpaired) electrons. The molecule has 14 heavy (non-hydrogen) atoms. The molecule has 0 bridgehead atoms. The first-order valence-corrected chi connectivity index (χ1v) is 4.12. The molecule has 76 valence electrons. The summed E-state index contributed by atoms with van der Waals surface area (Å²) in [7, 11) is 0. The summed E-state index contributed by atoms with van der Waals surface area (Å²) in [6, 6.07) is 2.38. The van der Waals surface area contributed by atoms with Crippen LogP contribution in [0.5, 0.6) is 0 Å². The van der Waals surface area contributed by atoms with Crippen LogP contribution < -0.4 is 0 Å². The smallest absolute Gasteiger partial charge is 0.310 e. The van der Waals surface area contributed by atoms with Gasteiger partial charge in [0.15, 0.2) is 11.6 Å². The molecule has 0 aromatic heterocycles. The fourth-order valence-electron chi connectivity index (χ4n) is 1.20. The van der Waals surface area contributed by atoms with Crippen LogP contribution in [0.2, 0.25) is 0 Å². The van der Waals surface area contributed by atoms with Crippen molar-refractivity contribution in [2.45, 2.75) is 19.8 Å². The molecule has 1 rings (SSSR count). The van der Waals surface area contributed by atoms with Crippen LogP contribution in [0.4, 0.5) is 8.78 Å². The average molecular weight is 200 g/mol. The maximum Gasteiger partial charge on any atom is 0.310 e. The van der Waals surface area contributed by atoms with Crippen LogP contribution in [0.15, 0.2) is 12.1 Å². The van der Waals surface area contributed by atoms with Gasteiger partial charge < -0.3 is 5.11 Å². The minimum atomic E-state index is -1.17. The molecular weight excluding hydrogens is 190 g/mol. The van der Waals surface area contributed by atoms with Gasteiger partial charge in [0.1, 0.15) is 0 Å².